The SMILES string of the molecule is CCOC(=O)CCC(=O)Nc1ccc(N2CCCCC2)c(C(=O)NCc2cccnc2)c1. The fraction of sp³-hybridized carbons (Fsp3) is 0.417. The highest BCUT2D eigenvalue weighted by atomic mass is 16.5. The largest absolute Gasteiger partial charge is 0.466 e. The molecule has 1 aliphatic rings. The number of hydrogen-bond donors (Lipinski definition) is 2. The van der Waals surface area contributed by atoms with Gasteiger partial charge in [-0.05, 0) is 56.0 Å². The van der Waals surface area contributed by atoms with Gasteiger partial charge < -0.3 is 20.3 Å². The van der Waals surface area contributed by atoms with Crippen molar-refractivity contribution in [2.75, 3.05) is 29.9 Å². The molecule has 2 heterocycles. The normalized spacial score (nSPS) is 13.3. The molecule has 0 unspecified atom stereocenters. The second-order valence-corrected chi connectivity index (χ2v) is 7.68. The summed E-state index contributed by atoms with van der Waals surface area (Å²) in [5, 5.41) is 5.73. The van der Waals surface area contributed by atoms with Gasteiger partial charge >= 0.3 is 5.97 Å². The quantitative estimate of drug-likeness (QED) is 0.583. The van der Waals surface area contributed by atoms with Crippen LogP contribution in [0.4, 0.5) is 11.4 Å². The van der Waals surface area contributed by atoms with Crippen LogP contribution in [0.2, 0.25) is 0 Å². The zero-order chi connectivity index (χ0) is 22.8. The van der Waals surface area contributed by atoms with Crippen molar-refractivity contribution in [2.45, 2.75) is 45.6 Å². The van der Waals surface area contributed by atoms with Crippen LogP contribution in [0.3, 0.4) is 0 Å². The molecule has 1 fully saturated rings. The molecule has 0 atom stereocenters. The molecule has 1 aromatic carbocycles. The van der Waals surface area contributed by atoms with Crippen molar-refractivity contribution in [1.29, 1.82) is 0 Å². The molecule has 1 aromatic heterocycles. The Morgan fingerprint density at radius 3 is 2.62 bits per heavy atom. The van der Waals surface area contributed by atoms with Gasteiger partial charge in [-0.3, -0.25) is 19.4 Å². The van der Waals surface area contributed by atoms with E-state index in [0.717, 1.165) is 37.2 Å². The second-order valence-electron chi connectivity index (χ2n) is 7.68. The molecule has 0 aliphatic carbocycles. The Hall–Kier alpha value is -3.42. The number of ether oxygens (including phenoxy) is 1. The van der Waals surface area contributed by atoms with Crippen LogP contribution >= 0.6 is 0 Å². The Kier molecular flexibility index (Phi) is 8.60. The van der Waals surface area contributed by atoms with Crippen molar-refractivity contribution in [3.05, 3.63) is 53.9 Å². The number of amides is 2. The lowest BCUT2D eigenvalue weighted by Crippen LogP contribution is -2.32. The third-order valence-electron chi connectivity index (χ3n) is 5.26. The Balaban J connectivity index is 1.72. The van der Waals surface area contributed by atoms with Crippen LogP contribution in [0.25, 0.3) is 0 Å². The van der Waals surface area contributed by atoms with Crippen LogP contribution in [-0.4, -0.2) is 42.5 Å². The molecule has 8 nitrogen and oxygen atoms in total. The molecular formula is C24H30N4O4. The van der Waals surface area contributed by atoms with Crippen LogP contribution < -0.4 is 15.5 Å². The van der Waals surface area contributed by atoms with Crippen molar-refractivity contribution < 1.29 is 19.1 Å². The number of piperidine rings is 1. The topological polar surface area (TPSA) is 101 Å². The van der Waals surface area contributed by atoms with Crippen molar-refractivity contribution in [3.8, 4) is 0 Å². The molecule has 0 spiro atoms. The highest BCUT2D eigenvalue weighted by molar-refractivity contribution is 6.02. The molecule has 2 amide bonds. The number of hydrogen-bond acceptors (Lipinski definition) is 6. The highest BCUT2D eigenvalue weighted by Gasteiger charge is 2.20. The van der Waals surface area contributed by atoms with Gasteiger partial charge in [-0.25, -0.2) is 0 Å². The predicted octanol–water partition coefficient (Wildman–Crippen LogP) is 3.28. The van der Waals surface area contributed by atoms with E-state index in [1.807, 2.05) is 18.2 Å². The van der Waals surface area contributed by atoms with Gasteiger partial charge in [0.05, 0.1) is 18.6 Å². The fourth-order valence-electron chi connectivity index (χ4n) is 3.66. The van der Waals surface area contributed by atoms with Crippen LogP contribution in [0, 0.1) is 0 Å². The lowest BCUT2D eigenvalue weighted by atomic mass is 10.1. The first-order valence-electron chi connectivity index (χ1n) is 11.1. The van der Waals surface area contributed by atoms with E-state index in [2.05, 4.69) is 20.5 Å². The number of anilines is 2. The van der Waals surface area contributed by atoms with Crippen LogP contribution in [0.5, 0.6) is 0 Å². The number of esters is 1. The minimum absolute atomic E-state index is 0.0178. The van der Waals surface area contributed by atoms with Gasteiger partial charge in [-0.15, -0.1) is 0 Å². The first-order chi connectivity index (χ1) is 15.6. The molecule has 8 heteroatoms. The lowest BCUT2D eigenvalue weighted by Gasteiger charge is -2.30. The number of aromatic nitrogens is 1. The van der Waals surface area contributed by atoms with Crippen LogP contribution in [-0.2, 0) is 20.9 Å². The maximum Gasteiger partial charge on any atom is 0.306 e. The van der Waals surface area contributed by atoms with E-state index in [1.54, 1.807) is 31.5 Å². The molecule has 32 heavy (non-hydrogen) atoms. The summed E-state index contributed by atoms with van der Waals surface area (Å²) in [6.07, 6.45) is 6.80. The van der Waals surface area contributed by atoms with Crippen molar-refractivity contribution in [2.24, 2.45) is 0 Å². The van der Waals surface area contributed by atoms with Crippen molar-refractivity contribution in [1.82, 2.24) is 10.3 Å². The van der Waals surface area contributed by atoms with Crippen LogP contribution in [0.1, 0.15) is 54.9 Å². The van der Waals surface area contributed by atoms with Gasteiger partial charge in [0.15, 0.2) is 0 Å². The van der Waals surface area contributed by atoms with E-state index in [0.29, 0.717) is 17.8 Å². The van der Waals surface area contributed by atoms with E-state index in [9.17, 15) is 14.4 Å². The molecule has 3 rings (SSSR count). The standard InChI is InChI=1S/C24H30N4O4/c1-2-32-23(30)11-10-22(29)27-19-8-9-21(28-13-4-3-5-14-28)20(15-19)24(31)26-17-18-7-6-12-25-16-18/h6-9,12,15-16H,2-5,10-11,13-14,17H2,1H3,(H,26,31)(H,27,29). The summed E-state index contributed by atoms with van der Waals surface area (Å²) in [5.41, 5.74) is 2.80. The minimum atomic E-state index is -0.404. The maximum absolute atomic E-state index is 13.1. The number of nitrogens with one attached hydrogen (secondary N) is 2. The number of benzene rings is 1. The molecule has 1 aliphatic heterocycles. The monoisotopic (exact) mass is 438 g/mol. The Morgan fingerprint density at radius 1 is 1.09 bits per heavy atom. The fourth-order valence-corrected chi connectivity index (χ4v) is 3.66. The number of rotatable bonds is 9. The zero-order valence-corrected chi connectivity index (χ0v) is 18.4. The summed E-state index contributed by atoms with van der Waals surface area (Å²) < 4.78 is 4.86. The Bertz CT molecular complexity index is 927. The smallest absolute Gasteiger partial charge is 0.306 e. The molecule has 1 saturated heterocycles. The lowest BCUT2D eigenvalue weighted by molar-refractivity contribution is -0.144. The average molecular weight is 439 g/mol. The van der Waals surface area contributed by atoms with Gasteiger partial charge in [0.25, 0.3) is 5.91 Å². The molecule has 2 N–H and O–H groups in total. The second kappa shape index (κ2) is 11.8. The van der Waals surface area contributed by atoms with E-state index in [1.165, 1.54) is 6.42 Å². The van der Waals surface area contributed by atoms with Gasteiger partial charge in [-0.2, -0.15) is 0 Å². The summed E-state index contributed by atoms with van der Waals surface area (Å²) in [6.45, 7) is 4.17. The number of carbonyl (C=O) groups is 3. The first kappa shape index (κ1) is 23.2. The van der Waals surface area contributed by atoms with E-state index < -0.39 is 5.97 Å². The molecule has 170 valence electrons. The molecular weight excluding hydrogens is 408 g/mol. The summed E-state index contributed by atoms with van der Waals surface area (Å²) in [6, 6.07) is 9.10. The third-order valence-corrected chi connectivity index (χ3v) is 5.26. The van der Waals surface area contributed by atoms with Gasteiger partial charge in [0.1, 0.15) is 0 Å². The van der Waals surface area contributed by atoms with Crippen molar-refractivity contribution in [3.63, 3.8) is 0 Å². The Labute approximate surface area is 188 Å². The average Bonchev–Trinajstić information content (AvgIpc) is 2.82. The zero-order valence-electron chi connectivity index (χ0n) is 18.4. The summed E-state index contributed by atoms with van der Waals surface area (Å²) in [7, 11) is 0. The van der Waals surface area contributed by atoms with Crippen molar-refractivity contribution >= 4 is 29.2 Å². The molecule has 0 saturated carbocycles. The van der Waals surface area contributed by atoms with E-state index in [4.69, 9.17) is 4.74 Å². The highest BCUT2D eigenvalue weighted by Crippen LogP contribution is 2.27. The van der Waals surface area contributed by atoms with E-state index >= 15 is 0 Å². The molecule has 2 aromatic rings. The summed E-state index contributed by atoms with van der Waals surface area (Å²) in [4.78, 5) is 43.1. The maximum atomic E-state index is 13.1. The minimum Gasteiger partial charge on any atom is -0.466 e. The van der Waals surface area contributed by atoms with Gasteiger partial charge in [-0.1, -0.05) is 6.07 Å². The number of pyridine rings is 1. The summed E-state index contributed by atoms with van der Waals surface area (Å²) in [5.74, 6) is -0.916. The van der Waals surface area contributed by atoms with Crippen LogP contribution in [0.15, 0.2) is 42.7 Å². The number of carbonyl (C=O) groups excluding carboxylic acids is 3. The summed E-state index contributed by atoms with van der Waals surface area (Å²) >= 11 is 0. The molecule has 0 bridgehead atoms. The number of nitrogens with zero attached hydrogens (tertiary/aromatic N) is 2. The van der Waals surface area contributed by atoms with E-state index in [-0.39, 0.29) is 31.3 Å². The predicted molar refractivity (Wildman–Crippen MR) is 122 cm³/mol. The van der Waals surface area contributed by atoms with Gasteiger partial charge in [0, 0.05) is 49.8 Å². The first-order valence-corrected chi connectivity index (χ1v) is 11.1. The Morgan fingerprint density at radius 2 is 1.91 bits per heavy atom. The third kappa shape index (κ3) is 6.80. The molecule has 0 radical (unpaired) electrons. The van der Waals surface area contributed by atoms with Gasteiger partial charge in [0.2, 0.25) is 5.91 Å².